The molecule has 7 rings (SSSR count). The van der Waals surface area contributed by atoms with Crippen molar-refractivity contribution in [2.45, 2.75) is 129 Å². The van der Waals surface area contributed by atoms with Gasteiger partial charge in [0.15, 0.2) is 0 Å². The summed E-state index contributed by atoms with van der Waals surface area (Å²) in [4.78, 5) is 1.23. The van der Waals surface area contributed by atoms with Gasteiger partial charge < -0.3 is 21.1 Å². The molecule has 5 heterocycles. The van der Waals surface area contributed by atoms with Crippen LogP contribution in [0.25, 0.3) is 10.6 Å². The standard InChI is InChI=1S/C24H36N2OS.C12H17N.Ir/c1-14-8-9-17-16-6-5-7-18(22(16)27-23(17)25-14)19-10-11-20-21(26-19)15(13-28-20)12-24(2,3)4;1-10-7-8-12(13-9-10)11-5-3-2-4-6-11;/h7,11,14-17,19,21,23,25H,5-6,8-10,12-13H2,1-4H3;8,10H,2-5,7,9H2,1H3;/q2*-2;/t14-,15-,16+,17?,19-,21?,23?;10-;/m10./s1/i1D3,12D2;;. The molecule has 1 N–H and O–H groups in total. The van der Waals surface area contributed by atoms with E-state index in [1.807, 2.05) is 20.8 Å². The van der Waals surface area contributed by atoms with Gasteiger partial charge in [-0.2, -0.15) is 11.6 Å². The number of piperidine rings is 1. The van der Waals surface area contributed by atoms with Gasteiger partial charge in [-0.1, -0.05) is 71.8 Å². The van der Waals surface area contributed by atoms with Gasteiger partial charge in [0.05, 0.1) is 0 Å². The van der Waals surface area contributed by atoms with E-state index in [4.69, 9.17) is 16.9 Å². The summed E-state index contributed by atoms with van der Waals surface area (Å²) < 4.78 is 47.6. The quantitative estimate of drug-likeness (QED) is 0.291. The minimum Gasteiger partial charge on any atom is -0.769 e. The van der Waals surface area contributed by atoms with Gasteiger partial charge in [-0.3, -0.25) is 11.4 Å². The predicted molar refractivity (Wildman–Crippen MR) is 173 cm³/mol. The molecule has 8 atom stereocenters. The Morgan fingerprint density at radius 3 is 2.83 bits per heavy atom. The molecule has 42 heavy (non-hydrogen) atoms. The number of allylic oxidation sites excluding steroid dienone is 4. The molecule has 1 radical (unpaired) electrons. The van der Waals surface area contributed by atoms with E-state index >= 15 is 0 Å². The fourth-order valence-electron chi connectivity index (χ4n) is 7.50. The molecule has 2 aliphatic carbocycles. The SMILES string of the molecule is C[C@H]1CC=C(C2=[C-]CCCC2)[N-]C1.[2H]C([2H])([2H])[C@@H]1CCC2C(N1)OC1=C([C@H]3CC=C4SC[C@@H](C([2H])([2H])C(C)(C)C)C4[N-]3)[CH-]CC[C@H]12.[Ir]. The second-order valence-electron chi connectivity index (χ2n) is 14.1. The molecule has 0 amide bonds. The van der Waals surface area contributed by atoms with Gasteiger partial charge in [0.25, 0.3) is 0 Å². The molecule has 3 fully saturated rings. The normalized spacial score (nSPS) is 39.9. The van der Waals surface area contributed by atoms with Crippen molar-refractivity contribution >= 4 is 11.8 Å². The van der Waals surface area contributed by atoms with E-state index in [0.717, 1.165) is 61.7 Å². The zero-order valence-corrected chi connectivity index (χ0v) is 29.1. The van der Waals surface area contributed by atoms with Crippen LogP contribution in [0, 0.1) is 41.6 Å². The number of nitrogens with one attached hydrogen (secondary N) is 1. The number of fused-ring (bicyclic) bond motifs is 4. The van der Waals surface area contributed by atoms with Crippen molar-refractivity contribution < 1.29 is 31.7 Å². The first kappa shape index (κ1) is 26.6. The Morgan fingerprint density at radius 1 is 1.21 bits per heavy atom. The summed E-state index contributed by atoms with van der Waals surface area (Å²) in [6.07, 6.45) is 19.3. The van der Waals surface area contributed by atoms with Crippen LogP contribution < -0.4 is 5.32 Å². The zero-order chi connectivity index (χ0) is 32.9. The van der Waals surface area contributed by atoms with Gasteiger partial charge in [0.1, 0.15) is 6.23 Å². The van der Waals surface area contributed by atoms with E-state index < -0.39 is 24.7 Å². The monoisotopic (exact) mass is 773 g/mol. The average molecular weight is 773 g/mol. The third-order valence-electron chi connectivity index (χ3n) is 9.53. The molecular formula is C36H53IrN3OS-4. The molecule has 0 bridgehead atoms. The van der Waals surface area contributed by atoms with Crippen molar-refractivity contribution in [2.24, 2.45) is 29.1 Å². The van der Waals surface area contributed by atoms with Crippen molar-refractivity contribution in [3.8, 4) is 0 Å². The predicted octanol–water partition coefficient (Wildman–Crippen LogP) is 9.38. The smallest absolute Gasteiger partial charge is 0.131 e. The second-order valence-corrected chi connectivity index (χ2v) is 15.2. The van der Waals surface area contributed by atoms with Gasteiger partial charge in [-0.15, -0.1) is 43.2 Å². The first-order chi connectivity index (χ1) is 21.7. The molecule has 5 aliphatic heterocycles. The minimum absolute atomic E-state index is 0. The molecular weight excluding hydrogens is 715 g/mol. The average Bonchev–Trinajstić information content (AvgIpc) is 3.62. The minimum atomic E-state index is -2.01. The maximum Gasteiger partial charge on any atom is 0.131 e. The number of ether oxygens (including phenoxy) is 1. The molecule has 0 saturated carbocycles. The van der Waals surface area contributed by atoms with Crippen molar-refractivity contribution in [1.29, 1.82) is 0 Å². The molecule has 6 heteroatoms. The fraction of sp³-hybridized carbons (Fsp3) is 0.750. The Labute approximate surface area is 281 Å². The van der Waals surface area contributed by atoms with Crippen LogP contribution in [-0.4, -0.2) is 36.7 Å². The first-order valence-corrected chi connectivity index (χ1v) is 17.2. The molecule has 3 unspecified atom stereocenters. The number of nitrogens with zero attached hydrogens (tertiary/aromatic N) is 2. The van der Waals surface area contributed by atoms with Crippen LogP contribution in [0.2, 0.25) is 0 Å². The number of hydrogen-bond donors (Lipinski definition) is 1. The van der Waals surface area contributed by atoms with Crippen molar-refractivity contribution in [1.82, 2.24) is 5.32 Å². The molecule has 4 nitrogen and oxygen atoms in total. The Bertz CT molecular complexity index is 1260. The van der Waals surface area contributed by atoms with Crippen LogP contribution in [0.15, 0.2) is 39.7 Å². The fourth-order valence-corrected chi connectivity index (χ4v) is 8.74. The van der Waals surface area contributed by atoms with Crippen molar-refractivity contribution in [3.63, 3.8) is 0 Å². The third kappa shape index (κ3) is 7.58. The van der Waals surface area contributed by atoms with Crippen LogP contribution >= 0.6 is 11.8 Å². The van der Waals surface area contributed by atoms with Gasteiger partial charge in [-0.05, 0) is 66.2 Å². The maximum atomic E-state index is 8.87. The summed E-state index contributed by atoms with van der Waals surface area (Å²) in [6, 6.07) is -0.605. The topological polar surface area (TPSA) is 49.5 Å². The third-order valence-corrected chi connectivity index (χ3v) is 10.8. The van der Waals surface area contributed by atoms with Crippen molar-refractivity contribution in [2.75, 3.05) is 12.3 Å². The summed E-state index contributed by atoms with van der Waals surface area (Å²) >= 11 is 1.77. The molecule has 3 saturated heterocycles. The van der Waals surface area contributed by atoms with E-state index in [0.29, 0.717) is 18.3 Å². The largest absolute Gasteiger partial charge is 0.769 e. The maximum absolute atomic E-state index is 8.87. The van der Waals surface area contributed by atoms with Gasteiger partial charge in [0.2, 0.25) is 0 Å². The Morgan fingerprint density at radius 2 is 2.10 bits per heavy atom. The zero-order valence-electron chi connectivity index (χ0n) is 30.9. The second kappa shape index (κ2) is 14.2. The summed E-state index contributed by atoms with van der Waals surface area (Å²) in [5.41, 5.74) is 3.35. The van der Waals surface area contributed by atoms with E-state index in [-0.39, 0.29) is 44.3 Å². The summed E-state index contributed by atoms with van der Waals surface area (Å²) in [7, 11) is 0. The Balaban J connectivity index is 0.000000260. The van der Waals surface area contributed by atoms with Gasteiger partial charge >= 0.3 is 0 Å². The van der Waals surface area contributed by atoms with Crippen LogP contribution in [-0.2, 0) is 24.8 Å². The van der Waals surface area contributed by atoms with Crippen LogP contribution in [0.4, 0.5) is 0 Å². The van der Waals surface area contributed by atoms with E-state index in [2.05, 4.69) is 42.2 Å². The number of hydrogen-bond acceptors (Lipinski definition) is 3. The molecule has 237 valence electrons. The van der Waals surface area contributed by atoms with E-state index in [9.17, 15) is 0 Å². The number of rotatable bonds is 3. The molecule has 0 aromatic carbocycles. The van der Waals surface area contributed by atoms with Crippen LogP contribution in [0.1, 0.15) is 112 Å². The van der Waals surface area contributed by atoms with Gasteiger partial charge in [0, 0.05) is 38.9 Å². The number of thioether (sulfide) groups is 1. The summed E-state index contributed by atoms with van der Waals surface area (Å²) in [5, 5.41) is 13.1. The van der Waals surface area contributed by atoms with E-state index in [1.54, 1.807) is 11.8 Å². The van der Waals surface area contributed by atoms with E-state index in [1.165, 1.54) is 41.9 Å². The first-order valence-electron chi connectivity index (χ1n) is 18.7. The molecule has 0 aromatic heterocycles. The molecule has 0 aromatic rings. The molecule has 0 spiro atoms. The van der Waals surface area contributed by atoms with Crippen LogP contribution in [0.5, 0.6) is 0 Å². The Kier molecular flexibility index (Phi) is 8.97. The Hall–Kier alpha value is -0.651. The summed E-state index contributed by atoms with van der Waals surface area (Å²) in [5.74, 6) is 3.05. The van der Waals surface area contributed by atoms with Crippen LogP contribution in [0.3, 0.4) is 0 Å². The van der Waals surface area contributed by atoms with Crippen molar-refractivity contribution in [3.05, 3.63) is 62.8 Å². The summed E-state index contributed by atoms with van der Waals surface area (Å²) in [6.45, 7) is 7.21. The van der Waals surface area contributed by atoms with Gasteiger partial charge in [-0.25, -0.2) is 12.0 Å². The molecule has 7 aliphatic rings.